The molecule has 0 bridgehead atoms. The highest BCUT2D eigenvalue weighted by atomic mass is 16.1. The normalized spacial score (nSPS) is 23.8. The zero-order chi connectivity index (χ0) is 11.7. The van der Waals surface area contributed by atoms with Gasteiger partial charge in [-0.2, -0.15) is 0 Å². The fraction of sp³-hybridized carbons (Fsp3) is 0.538. The van der Waals surface area contributed by atoms with E-state index in [1.54, 1.807) is 0 Å². The largest absolute Gasteiger partial charge is 0.367 e. The summed E-state index contributed by atoms with van der Waals surface area (Å²) < 4.78 is 0. The van der Waals surface area contributed by atoms with Gasteiger partial charge in [-0.3, -0.25) is 4.79 Å². The molecule has 3 rings (SSSR count). The Bertz CT molecular complexity index is 417. The summed E-state index contributed by atoms with van der Waals surface area (Å²) in [5.74, 6) is 0.966. The topological polar surface area (TPSA) is 45.2 Å². The number of hydrogen-bond donors (Lipinski definition) is 1. The average molecular weight is 231 g/mol. The minimum Gasteiger partial charge on any atom is -0.367 e. The average Bonchev–Trinajstić information content (AvgIpc) is 3.05. The van der Waals surface area contributed by atoms with E-state index in [-0.39, 0.29) is 6.04 Å². The van der Waals surface area contributed by atoms with Crippen LogP contribution in [0.3, 0.4) is 0 Å². The molecule has 1 saturated carbocycles. The molecule has 90 valence electrons. The Labute approximate surface area is 101 Å². The fourth-order valence-electron chi connectivity index (χ4n) is 2.48. The maximum absolute atomic E-state index is 11.0. The van der Waals surface area contributed by atoms with E-state index in [2.05, 4.69) is 16.4 Å². The Morgan fingerprint density at radius 2 is 2.29 bits per heavy atom. The highest BCUT2D eigenvalue weighted by molar-refractivity contribution is 5.54. The summed E-state index contributed by atoms with van der Waals surface area (Å²) in [6.07, 6.45) is 7.38. The van der Waals surface area contributed by atoms with Crippen molar-refractivity contribution < 1.29 is 4.79 Å². The molecule has 1 N–H and O–H groups in total. The van der Waals surface area contributed by atoms with Gasteiger partial charge < -0.3 is 10.2 Å². The van der Waals surface area contributed by atoms with Crippen molar-refractivity contribution in [2.75, 3.05) is 11.9 Å². The maximum atomic E-state index is 11.0. The number of likely N-dealkylation sites (tertiary alicyclic amines) is 1. The second-order valence-corrected chi connectivity index (χ2v) is 4.86. The number of nitrogens with zero attached hydrogens (tertiary/aromatic N) is 2. The number of aromatic nitrogens is 1. The van der Waals surface area contributed by atoms with Gasteiger partial charge in [0.1, 0.15) is 5.82 Å². The lowest BCUT2D eigenvalue weighted by atomic mass is 10.1. The number of hydrogen-bond acceptors (Lipinski definition) is 3. The van der Waals surface area contributed by atoms with Crippen LogP contribution in [0.4, 0.5) is 5.82 Å². The highest BCUT2D eigenvalue weighted by Crippen LogP contribution is 2.35. The molecule has 1 amide bonds. The van der Waals surface area contributed by atoms with E-state index in [4.69, 9.17) is 0 Å². The van der Waals surface area contributed by atoms with Crippen molar-refractivity contribution in [1.29, 1.82) is 0 Å². The van der Waals surface area contributed by atoms with E-state index in [9.17, 15) is 4.79 Å². The minimum atomic E-state index is 0.211. The first-order chi connectivity index (χ1) is 8.38. The molecule has 1 saturated heterocycles. The van der Waals surface area contributed by atoms with Crippen LogP contribution < -0.4 is 5.32 Å². The van der Waals surface area contributed by atoms with Crippen molar-refractivity contribution >= 4 is 12.2 Å². The summed E-state index contributed by atoms with van der Waals surface area (Å²) in [6, 6.07) is 4.84. The van der Waals surface area contributed by atoms with Gasteiger partial charge in [0.15, 0.2) is 0 Å². The number of nitrogens with one attached hydrogen (secondary N) is 1. The van der Waals surface area contributed by atoms with Crippen LogP contribution >= 0.6 is 0 Å². The Hall–Kier alpha value is -1.58. The Morgan fingerprint density at radius 1 is 1.41 bits per heavy atom. The van der Waals surface area contributed by atoms with Crippen molar-refractivity contribution in [1.82, 2.24) is 9.88 Å². The van der Waals surface area contributed by atoms with Gasteiger partial charge in [0, 0.05) is 24.3 Å². The molecular formula is C13H17N3O. The van der Waals surface area contributed by atoms with Gasteiger partial charge in [0.25, 0.3) is 0 Å². The van der Waals surface area contributed by atoms with Crippen molar-refractivity contribution in [3.8, 4) is 0 Å². The Balaban J connectivity index is 1.87. The molecule has 2 heterocycles. The summed E-state index contributed by atoms with van der Waals surface area (Å²) in [7, 11) is 0. The second-order valence-electron chi connectivity index (χ2n) is 4.86. The van der Waals surface area contributed by atoms with E-state index < -0.39 is 0 Å². The molecule has 2 aliphatic rings. The molecule has 1 aromatic rings. The van der Waals surface area contributed by atoms with Crippen molar-refractivity contribution in [2.24, 2.45) is 0 Å². The third-order valence-electron chi connectivity index (χ3n) is 3.55. The van der Waals surface area contributed by atoms with Crippen LogP contribution in [0, 0.1) is 0 Å². The SMILES string of the molecule is O=CN1CCCC1c1cccnc1NC1CC1. The number of carbonyl (C=O) groups excluding carboxylic acids is 1. The van der Waals surface area contributed by atoms with Crippen LogP contribution in [-0.2, 0) is 4.79 Å². The van der Waals surface area contributed by atoms with E-state index in [0.29, 0.717) is 6.04 Å². The predicted octanol–water partition coefficient (Wildman–Crippen LogP) is 1.95. The zero-order valence-corrected chi connectivity index (χ0v) is 9.80. The first-order valence-corrected chi connectivity index (χ1v) is 6.31. The smallest absolute Gasteiger partial charge is 0.210 e. The molecule has 2 fully saturated rings. The first kappa shape index (κ1) is 10.6. The zero-order valence-electron chi connectivity index (χ0n) is 9.80. The third-order valence-corrected chi connectivity index (χ3v) is 3.55. The third kappa shape index (κ3) is 2.12. The molecular weight excluding hydrogens is 214 g/mol. The summed E-state index contributed by atoms with van der Waals surface area (Å²) in [6.45, 7) is 0.867. The molecule has 0 aromatic carbocycles. The molecule has 4 nitrogen and oxygen atoms in total. The van der Waals surface area contributed by atoms with Crippen molar-refractivity contribution in [3.63, 3.8) is 0 Å². The molecule has 0 radical (unpaired) electrons. The molecule has 1 unspecified atom stereocenters. The quantitative estimate of drug-likeness (QED) is 0.806. The molecule has 1 atom stereocenters. The first-order valence-electron chi connectivity index (χ1n) is 6.31. The summed E-state index contributed by atoms with van der Waals surface area (Å²) in [4.78, 5) is 17.3. The molecule has 1 aliphatic carbocycles. The van der Waals surface area contributed by atoms with Crippen molar-refractivity contribution in [2.45, 2.75) is 37.8 Å². The van der Waals surface area contributed by atoms with Crippen LogP contribution in [-0.4, -0.2) is 28.9 Å². The van der Waals surface area contributed by atoms with Crippen LogP contribution in [0.1, 0.15) is 37.3 Å². The van der Waals surface area contributed by atoms with Gasteiger partial charge in [-0.05, 0) is 31.7 Å². The number of amides is 1. The van der Waals surface area contributed by atoms with Crippen LogP contribution in [0.25, 0.3) is 0 Å². The van der Waals surface area contributed by atoms with E-state index in [0.717, 1.165) is 31.6 Å². The molecule has 1 aromatic heterocycles. The second kappa shape index (κ2) is 4.35. The van der Waals surface area contributed by atoms with E-state index in [1.165, 1.54) is 18.4 Å². The highest BCUT2D eigenvalue weighted by Gasteiger charge is 2.29. The van der Waals surface area contributed by atoms with Gasteiger partial charge in [-0.1, -0.05) is 6.07 Å². The summed E-state index contributed by atoms with van der Waals surface area (Å²) >= 11 is 0. The monoisotopic (exact) mass is 231 g/mol. The Morgan fingerprint density at radius 3 is 3.06 bits per heavy atom. The fourth-order valence-corrected chi connectivity index (χ4v) is 2.48. The molecule has 4 heteroatoms. The Kier molecular flexibility index (Phi) is 2.71. The van der Waals surface area contributed by atoms with Crippen LogP contribution in [0.5, 0.6) is 0 Å². The van der Waals surface area contributed by atoms with Gasteiger partial charge in [-0.15, -0.1) is 0 Å². The van der Waals surface area contributed by atoms with Crippen molar-refractivity contribution in [3.05, 3.63) is 23.9 Å². The van der Waals surface area contributed by atoms with Gasteiger partial charge >= 0.3 is 0 Å². The lowest BCUT2D eigenvalue weighted by molar-refractivity contribution is -0.118. The number of anilines is 1. The van der Waals surface area contributed by atoms with E-state index >= 15 is 0 Å². The van der Waals surface area contributed by atoms with E-state index in [1.807, 2.05) is 17.2 Å². The number of carbonyl (C=O) groups is 1. The minimum absolute atomic E-state index is 0.211. The summed E-state index contributed by atoms with van der Waals surface area (Å²) in [5.41, 5.74) is 1.17. The molecule has 1 aliphatic heterocycles. The maximum Gasteiger partial charge on any atom is 0.210 e. The lowest BCUT2D eigenvalue weighted by Crippen LogP contribution is -2.22. The summed E-state index contributed by atoms with van der Waals surface area (Å²) in [5, 5.41) is 3.45. The van der Waals surface area contributed by atoms with Crippen LogP contribution in [0.15, 0.2) is 18.3 Å². The molecule has 17 heavy (non-hydrogen) atoms. The van der Waals surface area contributed by atoms with Gasteiger partial charge in [0.2, 0.25) is 6.41 Å². The number of rotatable bonds is 4. The standard InChI is InChI=1S/C13H17N3O/c17-9-16-8-2-4-12(16)11-3-1-7-14-13(11)15-10-5-6-10/h1,3,7,9-10,12H,2,4-6,8H2,(H,14,15). The number of pyridine rings is 1. The van der Waals surface area contributed by atoms with Gasteiger partial charge in [-0.25, -0.2) is 4.98 Å². The molecule has 0 spiro atoms. The van der Waals surface area contributed by atoms with Gasteiger partial charge in [0.05, 0.1) is 6.04 Å². The predicted molar refractivity (Wildman–Crippen MR) is 65.6 cm³/mol. The lowest BCUT2D eigenvalue weighted by Gasteiger charge is -2.22. The van der Waals surface area contributed by atoms with Crippen LogP contribution in [0.2, 0.25) is 0 Å².